The molecule has 2 fully saturated rings. The third-order valence-corrected chi connectivity index (χ3v) is 8.63. The van der Waals surface area contributed by atoms with Gasteiger partial charge in [-0.25, -0.2) is 9.97 Å². The summed E-state index contributed by atoms with van der Waals surface area (Å²) in [5.41, 5.74) is 6.34. The zero-order valence-corrected chi connectivity index (χ0v) is 21.3. The van der Waals surface area contributed by atoms with E-state index in [0.29, 0.717) is 22.6 Å². The molecule has 6 rings (SSSR count). The Hall–Kier alpha value is -3.13. The molecule has 3 aliphatic rings. The van der Waals surface area contributed by atoms with E-state index in [1.165, 1.54) is 11.1 Å². The van der Waals surface area contributed by atoms with Crippen LogP contribution >= 0.6 is 0 Å². The predicted molar refractivity (Wildman–Crippen MR) is 140 cm³/mol. The lowest BCUT2D eigenvalue weighted by Crippen LogP contribution is -2.61. The van der Waals surface area contributed by atoms with E-state index in [1.54, 1.807) is 18.5 Å². The van der Waals surface area contributed by atoms with Crippen LogP contribution in [0.4, 0.5) is 0 Å². The number of aromatic nitrogens is 2. The molecule has 0 bridgehead atoms. The predicted octanol–water partition coefficient (Wildman–Crippen LogP) is 3.59. The molecule has 1 amide bonds. The van der Waals surface area contributed by atoms with Crippen LogP contribution in [0.2, 0.25) is 0 Å². The SMILES string of the molecule is Cc1ccc(CC(=O)N2CCC3(CC2)CN(C2CCc4cc(-c5ncccn5)ccc42)C3)c(C(O)O)c1. The first-order valence-electron chi connectivity index (χ1n) is 13.3. The van der Waals surface area contributed by atoms with Crippen LogP contribution in [-0.2, 0) is 17.6 Å². The van der Waals surface area contributed by atoms with Gasteiger partial charge in [-0.3, -0.25) is 9.69 Å². The molecule has 1 aliphatic carbocycles. The Kier molecular flexibility index (Phi) is 6.31. The Morgan fingerprint density at radius 2 is 1.84 bits per heavy atom. The van der Waals surface area contributed by atoms with E-state index in [2.05, 4.69) is 33.1 Å². The molecule has 1 spiro atoms. The second-order valence-corrected chi connectivity index (χ2v) is 11.1. The number of aryl methyl sites for hydroxylation is 2. The Morgan fingerprint density at radius 3 is 2.57 bits per heavy atom. The van der Waals surface area contributed by atoms with Crippen LogP contribution < -0.4 is 0 Å². The van der Waals surface area contributed by atoms with E-state index in [1.807, 2.05) is 30.0 Å². The largest absolute Gasteiger partial charge is 0.364 e. The molecular weight excluding hydrogens is 464 g/mol. The van der Waals surface area contributed by atoms with Crippen LogP contribution in [0.3, 0.4) is 0 Å². The van der Waals surface area contributed by atoms with Crippen LogP contribution in [0.5, 0.6) is 0 Å². The van der Waals surface area contributed by atoms with E-state index < -0.39 is 6.29 Å². The third-order valence-electron chi connectivity index (χ3n) is 8.63. The number of carbonyl (C=O) groups is 1. The van der Waals surface area contributed by atoms with Gasteiger partial charge in [0.25, 0.3) is 0 Å². The molecule has 7 nitrogen and oxygen atoms in total. The smallest absolute Gasteiger partial charge is 0.227 e. The highest BCUT2D eigenvalue weighted by atomic mass is 16.5. The van der Waals surface area contributed by atoms with Gasteiger partial charge in [-0.1, -0.05) is 35.9 Å². The summed E-state index contributed by atoms with van der Waals surface area (Å²) < 4.78 is 0. The summed E-state index contributed by atoms with van der Waals surface area (Å²) in [6, 6.07) is 14.5. The van der Waals surface area contributed by atoms with Gasteiger partial charge in [0, 0.05) is 55.7 Å². The molecule has 0 radical (unpaired) electrons. The highest BCUT2D eigenvalue weighted by Crippen LogP contribution is 2.48. The average molecular weight is 499 g/mol. The summed E-state index contributed by atoms with van der Waals surface area (Å²) in [6.45, 7) is 5.65. The fraction of sp³-hybridized carbons (Fsp3) is 0.433. The van der Waals surface area contributed by atoms with Crippen molar-refractivity contribution in [1.29, 1.82) is 0 Å². The van der Waals surface area contributed by atoms with E-state index in [9.17, 15) is 15.0 Å². The normalized spacial score (nSPS) is 20.8. The molecule has 2 saturated heterocycles. The zero-order valence-electron chi connectivity index (χ0n) is 21.3. The minimum Gasteiger partial charge on any atom is -0.364 e. The number of rotatable bonds is 5. The van der Waals surface area contributed by atoms with E-state index >= 15 is 0 Å². The van der Waals surface area contributed by atoms with Gasteiger partial charge in [-0.2, -0.15) is 0 Å². The van der Waals surface area contributed by atoms with Crippen molar-refractivity contribution in [1.82, 2.24) is 19.8 Å². The molecule has 2 aromatic carbocycles. The lowest BCUT2D eigenvalue weighted by Gasteiger charge is -2.56. The number of amides is 1. The maximum Gasteiger partial charge on any atom is 0.227 e. The minimum absolute atomic E-state index is 0.0692. The highest BCUT2D eigenvalue weighted by Gasteiger charge is 2.48. The fourth-order valence-corrected chi connectivity index (χ4v) is 6.53. The Balaban J connectivity index is 1.05. The van der Waals surface area contributed by atoms with Gasteiger partial charge in [0.15, 0.2) is 12.1 Å². The summed E-state index contributed by atoms with van der Waals surface area (Å²) in [4.78, 5) is 26.4. The van der Waals surface area contributed by atoms with Crippen molar-refractivity contribution in [2.45, 2.75) is 51.4 Å². The molecule has 37 heavy (non-hydrogen) atoms. The first-order chi connectivity index (χ1) is 17.9. The number of carbonyl (C=O) groups excluding carboxylic acids is 1. The maximum atomic E-state index is 13.0. The van der Waals surface area contributed by atoms with Gasteiger partial charge in [0.1, 0.15) is 0 Å². The molecule has 3 heterocycles. The van der Waals surface area contributed by atoms with Gasteiger partial charge in [-0.05, 0) is 66.8 Å². The highest BCUT2D eigenvalue weighted by molar-refractivity contribution is 5.79. The number of hydrogen-bond acceptors (Lipinski definition) is 6. The molecule has 1 unspecified atom stereocenters. The molecule has 1 atom stereocenters. The van der Waals surface area contributed by atoms with Crippen molar-refractivity contribution in [3.8, 4) is 11.4 Å². The summed E-state index contributed by atoms with van der Waals surface area (Å²) in [7, 11) is 0. The van der Waals surface area contributed by atoms with Crippen LogP contribution in [0, 0.1) is 12.3 Å². The summed E-state index contributed by atoms with van der Waals surface area (Å²) in [5.74, 6) is 0.851. The molecular formula is C30H34N4O3. The van der Waals surface area contributed by atoms with E-state index in [-0.39, 0.29) is 12.3 Å². The van der Waals surface area contributed by atoms with Crippen LogP contribution in [0.15, 0.2) is 54.9 Å². The standard InChI is InChI=1S/C30H34N4O3/c1-20-3-4-22(25(15-20)29(36)37)17-27(35)33-13-9-30(10-14-33)18-34(19-30)26-8-6-21-16-23(5-7-24(21)26)28-31-11-2-12-32-28/h2-5,7,11-12,15-16,26,29,36-37H,6,8-10,13-14,17-19H2,1H3. The summed E-state index contributed by atoms with van der Waals surface area (Å²) in [5, 5.41) is 19.4. The van der Waals surface area contributed by atoms with Gasteiger partial charge < -0.3 is 15.1 Å². The fourth-order valence-electron chi connectivity index (χ4n) is 6.53. The Labute approximate surface area is 217 Å². The molecule has 7 heteroatoms. The summed E-state index contributed by atoms with van der Waals surface area (Å²) >= 11 is 0. The second kappa shape index (κ2) is 9.63. The van der Waals surface area contributed by atoms with Crippen LogP contribution in [0.25, 0.3) is 11.4 Å². The molecule has 192 valence electrons. The monoisotopic (exact) mass is 498 g/mol. The van der Waals surface area contributed by atoms with Crippen molar-refractivity contribution in [3.05, 3.63) is 82.7 Å². The number of likely N-dealkylation sites (tertiary alicyclic amines) is 2. The molecule has 2 N–H and O–H groups in total. The molecule has 3 aromatic rings. The van der Waals surface area contributed by atoms with Gasteiger partial charge in [-0.15, -0.1) is 0 Å². The average Bonchev–Trinajstić information content (AvgIpc) is 3.31. The number of piperidine rings is 1. The number of aliphatic hydroxyl groups is 2. The first-order valence-corrected chi connectivity index (χ1v) is 13.3. The Morgan fingerprint density at radius 1 is 1.08 bits per heavy atom. The topological polar surface area (TPSA) is 89.8 Å². The molecule has 2 aliphatic heterocycles. The number of hydrogen-bond donors (Lipinski definition) is 2. The third kappa shape index (κ3) is 4.67. The van der Waals surface area contributed by atoms with Gasteiger partial charge in [0.05, 0.1) is 6.42 Å². The maximum absolute atomic E-state index is 13.0. The van der Waals surface area contributed by atoms with Crippen molar-refractivity contribution < 1.29 is 15.0 Å². The van der Waals surface area contributed by atoms with E-state index in [4.69, 9.17) is 0 Å². The van der Waals surface area contributed by atoms with Crippen molar-refractivity contribution in [3.63, 3.8) is 0 Å². The number of aliphatic hydroxyl groups excluding tert-OH is 1. The minimum atomic E-state index is -1.56. The first kappa shape index (κ1) is 24.2. The zero-order chi connectivity index (χ0) is 25.6. The second-order valence-electron chi connectivity index (χ2n) is 11.1. The van der Waals surface area contributed by atoms with Gasteiger partial charge in [0.2, 0.25) is 5.91 Å². The number of nitrogens with zero attached hydrogens (tertiary/aromatic N) is 4. The number of benzene rings is 2. The Bertz CT molecular complexity index is 1290. The molecule has 0 saturated carbocycles. The van der Waals surface area contributed by atoms with Crippen molar-refractivity contribution in [2.24, 2.45) is 5.41 Å². The van der Waals surface area contributed by atoms with E-state index in [0.717, 1.165) is 68.8 Å². The quantitative estimate of drug-likeness (QED) is 0.523. The molecule has 1 aromatic heterocycles. The van der Waals surface area contributed by atoms with Crippen LogP contribution in [-0.4, -0.2) is 62.1 Å². The van der Waals surface area contributed by atoms with Crippen molar-refractivity contribution in [2.75, 3.05) is 26.2 Å². The lowest BCUT2D eigenvalue weighted by molar-refractivity contribution is -0.136. The lowest BCUT2D eigenvalue weighted by atomic mass is 9.71. The van der Waals surface area contributed by atoms with Crippen molar-refractivity contribution >= 4 is 5.91 Å². The van der Waals surface area contributed by atoms with Crippen LogP contribution in [0.1, 0.15) is 59.4 Å². The summed E-state index contributed by atoms with van der Waals surface area (Å²) in [6.07, 6.45) is 6.53. The number of fused-ring (bicyclic) bond motifs is 1. The van der Waals surface area contributed by atoms with Gasteiger partial charge >= 0.3 is 0 Å².